The zero-order valence-corrected chi connectivity index (χ0v) is 11.1. The summed E-state index contributed by atoms with van der Waals surface area (Å²) in [5.74, 6) is 0.253. The highest BCUT2D eigenvalue weighted by atomic mass is 127. The number of pyridine rings is 1. The van der Waals surface area contributed by atoms with Crippen LogP contribution in [0.15, 0.2) is 18.3 Å². The lowest BCUT2D eigenvalue weighted by Crippen LogP contribution is -2.20. The highest BCUT2D eigenvalue weighted by Crippen LogP contribution is 2.08. The minimum Gasteiger partial charge on any atom is -0.384 e. The highest BCUT2D eigenvalue weighted by molar-refractivity contribution is 14.1. The molecule has 0 amide bonds. The molecule has 7 heteroatoms. The molecule has 15 heavy (non-hydrogen) atoms. The van der Waals surface area contributed by atoms with Crippen LogP contribution in [0, 0.1) is 3.57 Å². The smallest absolute Gasteiger partial charge is 0.236 e. The van der Waals surface area contributed by atoms with Gasteiger partial charge >= 0.3 is 0 Å². The van der Waals surface area contributed by atoms with Crippen molar-refractivity contribution in [3.63, 3.8) is 0 Å². The van der Waals surface area contributed by atoms with E-state index in [1.165, 1.54) is 7.11 Å². The molecule has 1 aromatic rings. The monoisotopic (exact) mass is 342 g/mol. The van der Waals surface area contributed by atoms with Crippen LogP contribution in [0.25, 0.3) is 0 Å². The fourth-order valence-electron chi connectivity index (χ4n) is 0.840. The summed E-state index contributed by atoms with van der Waals surface area (Å²) in [6, 6.07) is 3.40. The highest BCUT2D eigenvalue weighted by Gasteiger charge is 2.10. The first-order valence-electron chi connectivity index (χ1n) is 4.14. The molecular formula is C8H11IN2O3S. The van der Waals surface area contributed by atoms with E-state index in [0.29, 0.717) is 5.82 Å². The molecule has 0 aliphatic carbocycles. The third-order valence-electron chi connectivity index (χ3n) is 1.54. The molecule has 1 heterocycles. The lowest BCUT2D eigenvalue weighted by atomic mass is 10.5. The molecule has 1 rings (SSSR count). The predicted molar refractivity (Wildman–Crippen MR) is 66.2 cm³/mol. The Kier molecular flexibility index (Phi) is 4.74. The fraction of sp³-hybridized carbons (Fsp3) is 0.375. The Balaban J connectivity index is 2.65. The lowest BCUT2D eigenvalue weighted by molar-refractivity contribution is 0.217. The Morgan fingerprint density at radius 3 is 2.80 bits per heavy atom. The molecule has 0 atom stereocenters. The summed E-state index contributed by atoms with van der Waals surface area (Å²) < 4.78 is 30.8. The maximum Gasteiger partial charge on any atom is 0.236 e. The third kappa shape index (κ3) is 4.76. The summed E-state index contributed by atoms with van der Waals surface area (Å²) in [6.45, 7) is 0.166. The quantitative estimate of drug-likeness (QED) is 0.813. The van der Waals surface area contributed by atoms with E-state index in [0.717, 1.165) is 3.57 Å². The van der Waals surface area contributed by atoms with Gasteiger partial charge in [0.2, 0.25) is 10.0 Å². The van der Waals surface area contributed by atoms with Crippen molar-refractivity contribution in [2.24, 2.45) is 0 Å². The van der Waals surface area contributed by atoms with Crippen LogP contribution in [-0.4, -0.2) is 32.9 Å². The molecule has 0 unspecified atom stereocenters. The maximum absolute atomic E-state index is 11.4. The first kappa shape index (κ1) is 12.7. The predicted octanol–water partition coefficient (Wildman–Crippen LogP) is 1.07. The Morgan fingerprint density at radius 1 is 1.53 bits per heavy atom. The van der Waals surface area contributed by atoms with E-state index in [9.17, 15) is 8.42 Å². The van der Waals surface area contributed by atoms with E-state index in [-0.39, 0.29) is 12.4 Å². The average Bonchev–Trinajstić information content (AvgIpc) is 2.18. The number of nitrogens with zero attached hydrogens (tertiary/aromatic N) is 1. The minimum absolute atomic E-state index is 0.0723. The standard InChI is InChI=1S/C8H11IN2O3S/c1-14-4-5-15(12,13)11-8-3-2-7(9)6-10-8/h2-3,6H,4-5H2,1H3,(H,10,11). The van der Waals surface area contributed by atoms with Crippen LogP contribution in [0.5, 0.6) is 0 Å². The molecule has 84 valence electrons. The van der Waals surface area contributed by atoms with Gasteiger partial charge in [0.1, 0.15) is 5.82 Å². The van der Waals surface area contributed by atoms with Crippen molar-refractivity contribution in [2.75, 3.05) is 24.2 Å². The number of nitrogens with one attached hydrogen (secondary N) is 1. The Hall–Kier alpha value is -0.410. The van der Waals surface area contributed by atoms with E-state index in [1.807, 2.05) is 0 Å². The summed E-state index contributed by atoms with van der Waals surface area (Å²) in [5.41, 5.74) is 0. The number of sulfonamides is 1. The van der Waals surface area contributed by atoms with Gasteiger partial charge in [0.25, 0.3) is 0 Å². The van der Waals surface area contributed by atoms with Gasteiger partial charge in [-0.15, -0.1) is 0 Å². The number of halogens is 1. The molecule has 0 saturated carbocycles. The van der Waals surface area contributed by atoms with E-state index in [1.54, 1.807) is 18.3 Å². The Bertz CT molecular complexity index is 404. The van der Waals surface area contributed by atoms with Crippen LogP contribution >= 0.6 is 22.6 Å². The van der Waals surface area contributed by atoms with Gasteiger partial charge in [0, 0.05) is 16.9 Å². The molecule has 0 spiro atoms. The zero-order valence-electron chi connectivity index (χ0n) is 8.10. The van der Waals surface area contributed by atoms with Crippen molar-refractivity contribution in [1.29, 1.82) is 0 Å². The normalized spacial score (nSPS) is 11.3. The molecule has 1 N–H and O–H groups in total. The molecule has 0 radical (unpaired) electrons. The molecule has 0 aliphatic rings. The number of methoxy groups -OCH3 is 1. The SMILES string of the molecule is COCCS(=O)(=O)Nc1ccc(I)cn1. The second kappa shape index (κ2) is 5.61. The average molecular weight is 342 g/mol. The van der Waals surface area contributed by atoms with Crippen LogP contribution < -0.4 is 4.72 Å². The molecule has 0 aromatic carbocycles. The van der Waals surface area contributed by atoms with Gasteiger partial charge in [-0.1, -0.05) is 0 Å². The summed E-state index contributed by atoms with van der Waals surface area (Å²) >= 11 is 2.10. The molecule has 0 fully saturated rings. The van der Waals surface area contributed by atoms with E-state index in [2.05, 4.69) is 32.3 Å². The molecule has 0 saturated heterocycles. The Labute approximate surface area is 102 Å². The summed E-state index contributed by atoms with van der Waals surface area (Å²) in [5, 5.41) is 0. The van der Waals surface area contributed by atoms with Crippen molar-refractivity contribution >= 4 is 38.4 Å². The Morgan fingerprint density at radius 2 is 2.27 bits per heavy atom. The van der Waals surface area contributed by atoms with Crippen LogP contribution in [-0.2, 0) is 14.8 Å². The molecule has 1 aromatic heterocycles. The van der Waals surface area contributed by atoms with Crippen molar-refractivity contribution in [1.82, 2.24) is 4.98 Å². The number of aromatic nitrogens is 1. The molecule has 0 aliphatic heterocycles. The summed E-state index contributed by atoms with van der Waals surface area (Å²) in [6.07, 6.45) is 1.59. The number of hydrogen-bond donors (Lipinski definition) is 1. The first-order chi connectivity index (χ1) is 7.03. The topological polar surface area (TPSA) is 68.3 Å². The summed E-state index contributed by atoms with van der Waals surface area (Å²) in [7, 11) is -1.89. The zero-order chi connectivity index (χ0) is 11.3. The lowest BCUT2D eigenvalue weighted by Gasteiger charge is -2.06. The van der Waals surface area contributed by atoms with Gasteiger partial charge in [-0.2, -0.15) is 0 Å². The maximum atomic E-state index is 11.4. The van der Waals surface area contributed by atoms with Crippen LogP contribution in [0.4, 0.5) is 5.82 Å². The van der Waals surface area contributed by atoms with Crippen LogP contribution in [0.2, 0.25) is 0 Å². The van der Waals surface area contributed by atoms with Gasteiger partial charge < -0.3 is 4.74 Å². The van der Waals surface area contributed by atoms with Gasteiger partial charge in [-0.05, 0) is 34.7 Å². The third-order valence-corrected chi connectivity index (χ3v) is 3.41. The van der Waals surface area contributed by atoms with Crippen molar-refractivity contribution in [3.05, 3.63) is 21.9 Å². The van der Waals surface area contributed by atoms with Crippen molar-refractivity contribution < 1.29 is 13.2 Å². The van der Waals surface area contributed by atoms with E-state index >= 15 is 0 Å². The van der Waals surface area contributed by atoms with Gasteiger partial charge in [-0.25, -0.2) is 13.4 Å². The number of rotatable bonds is 5. The number of anilines is 1. The minimum atomic E-state index is -3.35. The van der Waals surface area contributed by atoms with Gasteiger partial charge in [-0.3, -0.25) is 4.72 Å². The van der Waals surface area contributed by atoms with E-state index in [4.69, 9.17) is 4.74 Å². The number of ether oxygens (including phenoxy) is 1. The number of hydrogen-bond acceptors (Lipinski definition) is 4. The van der Waals surface area contributed by atoms with Crippen molar-refractivity contribution in [3.8, 4) is 0 Å². The van der Waals surface area contributed by atoms with Crippen LogP contribution in [0.3, 0.4) is 0 Å². The van der Waals surface area contributed by atoms with Gasteiger partial charge in [0.15, 0.2) is 0 Å². The van der Waals surface area contributed by atoms with Gasteiger partial charge in [0.05, 0.1) is 12.4 Å². The molecule has 5 nitrogen and oxygen atoms in total. The first-order valence-corrected chi connectivity index (χ1v) is 6.87. The molecular weight excluding hydrogens is 331 g/mol. The van der Waals surface area contributed by atoms with E-state index < -0.39 is 10.0 Å². The summed E-state index contributed by atoms with van der Waals surface area (Å²) in [4.78, 5) is 3.93. The van der Waals surface area contributed by atoms with Crippen molar-refractivity contribution in [2.45, 2.75) is 0 Å². The largest absolute Gasteiger partial charge is 0.384 e. The second-order valence-corrected chi connectivity index (χ2v) is 5.86. The second-order valence-electron chi connectivity index (χ2n) is 2.78. The van der Waals surface area contributed by atoms with Crippen LogP contribution in [0.1, 0.15) is 0 Å². The molecule has 0 bridgehead atoms. The fourth-order valence-corrected chi connectivity index (χ4v) is 2.09.